The van der Waals surface area contributed by atoms with Crippen LogP contribution in [0.1, 0.15) is 316 Å². The quantitative estimate of drug-likeness (QED) is 0.0261. The van der Waals surface area contributed by atoms with Gasteiger partial charge in [-0.05, 0) is 77.0 Å². The lowest BCUT2D eigenvalue weighted by molar-refractivity contribution is -0.166. The SMILES string of the molecule is CC/C=C\C/C=C\C/C=C\C/C=C\C/C=C\C/C=C\CCC(=O)OC(COC(=O)CCCCCCC/C=C\CCCC)COC(=O)CCCCCCCCCCCCCCCCCCCCCCCCCCCCC. The zero-order valence-corrected chi connectivity index (χ0v) is 49.6. The summed E-state index contributed by atoms with van der Waals surface area (Å²) in [5.41, 5.74) is 0. The Kier molecular flexibility index (Phi) is 60.3. The Bertz CT molecular complexity index is 1430. The van der Waals surface area contributed by atoms with Gasteiger partial charge in [-0.15, -0.1) is 0 Å². The minimum absolute atomic E-state index is 0.107. The summed E-state index contributed by atoms with van der Waals surface area (Å²) in [5.74, 6) is -0.992. The fourth-order valence-electron chi connectivity index (χ4n) is 9.10. The molecule has 0 radical (unpaired) electrons. The maximum Gasteiger partial charge on any atom is 0.306 e. The molecule has 0 amide bonds. The molecule has 1 unspecified atom stereocenters. The highest BCUT2D eigenvalue weighted by atomic mass is 16.6. The molecule has 0 saturated heterocycles. The Labute approximate surface area is 465 Å². The smallest absolute Gasteiger partial charge is 0.306 e. The molecule has 0 aliphatic carbocycles. The van der Waals surface area contributed by atoms with Crippen molar-refractivity contribution in [2.24, 2.45) is 0 Å². The molecule has 0 spiro atoms. The second-order valence-corrected chi connectivity index (χ2v) is 21.3. The fraction of sp³-hybridized carbons (Fsp3) is 0.754. The van der Waals surface area contributed by atoms with Crippen molar-refractivity contribution in [2.45, 2.75) is 322 Å². The van der Waals surface area contributed by atoms with Gasteiger partial charge >= 0.3 is 17.9 Å². The van der Waals surface area contributed by atoms with Crippen molar-refractivity contribution in [2.75, 3.05) is 13.2 Å². The molecule has 0 rings (SSSR count). The summed E-state index contributed by atoms with van der Waals surface area (Å²) in [6.07, 6.45) is 83.4. The number of hydrogen-bond acceptors (Lipinski definition) is 6. The van der Waals surface area contributed by atoms with Crippen LogP contribution in [0.25, 0.3) is 0 Å². The highest BCUT2D eigenvalue weighted by Crippen LogP contribution is 2.17. The zero-order valence-electron chi connectivity index (χ0n) is 49.6. The van der Waals surface area contributed by atoms with Gasteiger partial charge in [0, 0.05) is 19.3 Å². The molecule has 0 bridgehead atoms. The van der Waals surface area contributed by atoms with Gasteiger partial charge in [-0.3, -0.25) is 14.4 Å². The van der Waals surface area contributed by atoms with Gasteiger partial charge in [-0.25, -0.2) is 0 Å². The fourth-order valence-corrected chi connectivity index (χ4v) is 9.10. The number of carbonyl (C=O) groups excluding carboxylic acids is 3. The predicted molar refractivity (Wildman–Crippen MR) is 325 cm³/mol. The summed E-state index contributed by atoms with van der Waals surface area (Å²) in [6.45, 7) is 6.45. The normalized spacial score (nSPS) is 12.6. The van der Waals surface area contributed by atoms with Gasteiger partial charge < -0.3 is 14.2 Å². The summed E-state index contributed by atoms with van der Waals surface area (Å²) in [5, 5.41) is 0. The Morgan fingerprint density at radius 3 is 0.907 bits per heavy atom. The Morgan fingerprint density at radius 2 is 0.560 bits per heavy atom. The monoisotopic (exact) mass is 1040 g/mol. The van der Waals surface area contributed by atoms with Crippen LogP contribution in [-0.4, -0.2) is 37.2 Å². The highest BCUT2D eigenvalue weighted by Gasteiger charge is 2.19. The van der Waals surface area contributed by atoms with Crippen molar-refractivity contribution >= 4 is 17.9 Å². The molecule has 432 valence electrons. The summed E-state index contributed by atoms with van der Waals surface area (Å²) in [6, 6.07) is 0. The van der Waals surface area contributed by atoms with E-state index in [2.05, 4.69) is 99.8 Å². The molecule has 1 atom stereocenters. The topological polar surface area (TPSA) is 78.9 Å². The van der Waals surface area contributed by atoms with Gasteiger partial charge in [0.1, 0.15) is 13.2 Å². The molecule has 75 heavy (non-hydrogen) atoms. The molecule has 0 aliphatic rings. The van der Waals surface area contributed by atoms with Crippen LogP contribution in [0.3, 0.4) is 0 Å². The number of esters is 3. The average Bonchev–Trinajstić information content (AvgIpc) is 3.41. The maximum absolute atomic E-state index is 12.8. The second kappa shape index (κ2) is 63.1. The summed E-state index contributed by atoms with van der Waals surface area (Å²) < 4.78 is 16.8. The number of ether oxygens (including phenoxy) is 3. The van der Waals surface area contributed by atoms with Crippen LogP contribution in [0, 0.1) is 0 Å². The molecule has 0 heterocycles. The third-order valence-electron chi connectivity index (χ3n) is 13.9. The molecule has 0 aromatic carbocycles. The third kappa shape index (κ3) is 61.3. The van der Waals surface area contributed by atoms with Crippen LogP contribution >= 0.6 is 0 Å². The van der Waals surface area contributed by atoms with E-state index in [9.17, 15) is 14.4 Å². The van der Waals surface area contributed by atoms with E-state index in [0.717, 1.165) is 89.9 Å². The van der Waals surface area contributed by atoms with Crippen molar-refractivity contribution in [1.29, 1.82) is 0 Å². The molecule has 0 aromatic rings. The van der Waals surface area contributed by atoms with E-state index < -0.39 is 12.1 Å². The zero-order chi connectivity index (χ0) is 54.3. The number of rotatable bonds is 58. The molecule has 0 N–H and O–H groups in total. The summed E-state index contributed by atoms with van der Waals surface area (Å²) in [7, 11) is 0. The highest BCUT2D eigenvalue weighted by molar-refractivity contribution is 5.71. The van der Waals surface area contributed by atoms with Crippen LogP contribution in [0.15, 0.2) is 85.1 Å². The van der Waals surface area contributed by atoms with Gasteiger partial charge in [0.05, 0.1) is 0 Å². The number of allylic oxidation sites excluding steroid dienone is 14. The van der Waals surface area contributed by atoms with Crippen molar-refractivity contribution in [3.8, 4) is 0 Å². The largest absolute Gasteiger partial charge is 0.462 e. The van der Waals surface area contributed by atoms with E-state index in [4.69, 9.17) is 14.2 Å². The minimum Gasteiger partial charge on any atom is -0.462 e. The maximum atomic E-state index is 12.8. The standard InChI is InChI=1S/C69H120O6/c1-4-7-10-13-16-19-22-24-26-28-30-31-32-33-34-35-36-37-39-40-42-44-47-50-53-56-59-62-68(71)74-65-66(64-73-67(70)61-58-55-52-49-46-21-18-15-12-9-6-3)75-69(72)63-60-57-54-51-48-45-43-41-38-29-27-25-23-20-17-14-11-8-5-2/h8,11,15,17-18,20,25,27,38,41,45,48,54,57,66H,4-7,9-10,12-14,16,19,21-24,26,28-37,39-40,42-44,46-47,49-53,55-56,58-65H2,1-3H3/b11-8-,18-15-,20-17-,27-25-,41-38-,48-45-,57-54-. The Hall–Kier alpha value is -3.41. The summed E-state index contributed by atoms with van der Waals surface area (Å²) >= 11 is 0. The van der Waals surface area contributed by atoms with Crippen molar-refractivity contribution in [1.82, 2.24) is 0 Å². The minimum atomic E-state index is -0.820. The van der Waals surface area contributed by atoms with E-state index in [1.54, 1.807) is 0 Å². The number of hydrogen-bond donors (Lipinski definition) is 0. The first-order valence-corrected chi connectivity index (χ1v) is 32.1. The van der Waals surface area contributed by atoms with Crippen molar-refractivity contribution < 1.29 is 28.6 Å². The van der Waals surface area contributed by atoms with Crippen LogP contribution in [0.5, 0.6) is 0 Å². The van der Waals surface area contributed by atoms with E-state index in [-0.39, 0.29) is 31.6 Å². The van der Waals surface area contributed by atoms with Crippen LogP contribution in [0.4, 0.5) is 0 Å². The molecular formula is C69H120O6. The van der Waals surface area contributed by atoms with Crippen molar-refractivity contribution in [3.63, 3.8) is 0 Å². The molecule has 0 fully saturated rings. The lowest BCUT2D eigenvalue weighted by Crippen LogP contribution is -2.30. The first-order chi connectivity index (χ1) is 37.0. The molecular weight excluding hydrogens is 925 g/mol. The van der Waals surface area contributed by atoms with Gasteiger partial charge in [0.2, 0.25) is 0 Å². The van der Waals surface area contributed by atoms with Gasteiger partial charge in [0.25, 0.3) is 0 Å². The van der Waals surface area contributed by atoms with Crippen molar-refractivity contribution in [3.05, 3.63) is 85.1 Å². The van der Waals surface area contributed by atoms with Crippen LogP contribution in [-0.2, 0) is 28.6 Å². The molecule has 0 saturated carbocycles. The molecule has 0 aromatic heterocycles. The Balaban J connectivity index is 4.28. The predicted octanol–water partition coefficient (Wildman–Crippen LogP) is 21.9. The van der Waals surface area contributed by atoms with Gasteiger partial charge in [-0.1, -0.05) is 305 Å². The number of carbonyl (C=O) groups is 3. The Morgan fingerprint density at radius 1 is 0.280 bits per heavy atom. The average molecular weight is 1050 g/mol. The first kappa shape index (κ1) is 71.6. The van der Waals surface area contributed by atoms with E-state index in [1.807, 2.05) is 6.08 Å². The van der Waals surface area contributed by atoms with E-state index in [0.29, 0.717) is 19.3 Å². The van der Waals surface area contributed by atoms with E-state index >= 15 is 0 Å². The number of unbranched alkanes of at least 4 members (excludes halogenated alkanes) is 33. The lowest BCUT2D eigenvalue weighted by atomic mass is 10.0. The van der Waals surface area contributed by atoms with Gasteiger partial charge in [0.15, 0.2) is 6.10 Å². The first-order valence-electron chi connectivity index (χ1n) is 32.1. The third-order valence-corrected chi connectivity index (χ3v) is 13.9. The molecule has 6 heteroatoms. The lowest BCUT2D eigenvalue weighted by Gasteiger charge is -2.18. The van der Waals surface area contributed by atoms with Crippen LogP contribution < -0.4 is 0 Å². The van der Waals surface area contributed by atoms with Gasteiger partial charge in [-0.2, -0.15) is 0 Å². The van der Waals surface area contributed by atoms with E-state index in [1.165, 1.54) is 180 Å². The second-order valence-electron chi connectivity index (χ2n) is 21.3. The summed E-state index contributed by atoms with van der Waals surface area (Å²) in [4.78, 5) is 38.2. The molecule has 6 nitrogen and oxygen atoms in total. The van der Waals surface area contributed by atoms with Crippen LogP contribution in [0.2, 0.25) is 0 Å². The molecule has 0 aliphatic heterocycles.